The van der Waals surface area contributed by atoms with Gasteiger partial charge in [0, 0.05) is 31.1 Å². The molecule has 1 aromatic carbocycles. The van der Waals surface area contributed by atoms with Gasteiger partial charge in [0.15, 0.2) is 11.5 Å². The molecule has 7 heteroatoms. The fourth-order valence-corrected chi connectivity index (χ4v) is 3.70. The molecule has 1 atom stereocenters. The van der Waals surface area contributed by atoms with Gasteiger partial charge in [-0.15, -0.1) is 0 Å². The Balaban J connectivity index is 0.000000307. The lowest BCUT2D eigenvalue weighted by molar-refractivity contribution is -0.131. The van der Waals surface area contributed by atoms with Gasteiger partial charge in [-0.1, -0.05) is 6.08 Å². The smallest absolute Gasteiger partial charge is 0.327 e. The molecule has 2 N–H and O–H groups in total. The zero-order valence-corrected chi connectivity index (χ0v) is 15.6. The third-order valence-electron chi connectivity index (χ3n) is 5.04. The van der Waals surface area contributed by atoms with Crippen LogP contribution in [0.4, 0.5) is 0 Å². The number of nitrogens with one attached hydrogen (secondary N) is 1. The number of benzene rings is 1. The summed E-state index contributed by atoms with van der Waals surface area (Å²) in [7, 11) is 0. The van der Waals surface area contributed by atoms with Gasteiger partial charge < -0.3 is 19.7 Å². The van der Waals surface area contributed by atoms with Gasteiger partial charge in [-0.3, -0.25) is 4.79 Å². The highest BCUT2D eigenvalue weighted by Crippen LogP contribution is 2.27. The molecule has 3 fully saturated rings. The summed E-state index contributed by atoms with van der Waals surface area (Å²) >= 11 is 0. The number of piperidine rings is 3. The Morgan fingerprint density at radius 3 is 2.63 bits per heavy atom. The molecule has 5 rings (SSSR count). The molecule has 7 nitrogen and oxygen atoms in total. The predicted octanol–water partition coefficient (Wildman–Crippen LogP) is 2.61. The summed E-state index contributed by atoms with van der Waals surface area (Å²) in [6, 6.07) is 5.73. The van der Waals surface area contributed by atoms with Crippen molar-refractivity contribution in [2.45, 2.75) is 32.7 Å². The number of aryl methyl sites for hydroxylation is 1. The Labute approximate surface area is 158 Å². The van der Waals surface area contributed by atoms with Crippen molar-refractivity contribution < 1.29 is 19.1 Å². The monoisotopic (exact) mass is 371 g/mol. The quantitative estimate of drug-likeness (QED) is 0.805. The molecule has 0 saturated carbocycles. The van der Waals surface area contributed by atoms with Gasteiger partial charge in [-0.25, -0.2) is 9.78 Å². The summed E-state index contributed by atoms with van der Waals surface area (Å²) < 4.78 is 5.50. The Morgan fingerprint density at radius 2 is 2.07 bits per heavy atom. The van der Waals surface area contributed by atoms with Crippen molar-refractivity contribution in [3.05, 3.63) is 41.8 Å². The minimum absolute atomic E-state index is 0.00953. The SMILES string of the molecule is C/C=C/C(=O)O.Cc1nc2ccc(C(=O)N[C@H]3CN4CCC3CC4)cc2o1. The highest BCUT2D eigenvalue weighted by atomic mass is 16.4. The van der Waals surface area contributed by atoms with Crippen LogP contribution in [0.1, 0.15) is 36.0 Å². The van der Waals surface area contributed by atoms with Crippen LogP contribution in [0, 0.1) is 12.8 Å². The van der Waals surface area contributed by atoms with Gasteiger partial charge in [0.05, 0.1) is 0 Å². The second kappa shape index (κ2) is 8.35. The Bertz CT molecular complexity index is 850. The summed E-state index contributed by atoms with van der Waals surface area (Å²) in [4.78, 5) is 28.7. The molecule has 27 heavy (non-hydrogen) atoms. The van der Waals surface area contributed by atoms with Crippen LogP contribution in [-0.2, 0) is 4.79 Å². The first kappa shape index (κ1) is 19.1. The molecule has 2 bridgehead atoms. The molecule has 0 unspecified atom stereocenters. The van der Waals surface area contributed by atoms with Gasteiger partial charge in [0.25, 0.3) is 5.91 Å². The van der Waals surface area contributed by atoms with Gasteiger partial charge in [0.1, 0.15) is 5.52 Å². The van der Waals surface area contributed by atoms with Crippen LogP contribution in [0.5, 0.6) is 0 Å². The van der Waals surface area contributed by atoms with E-state index >= 15 is 0 Å². The number of carboxylic acid groups (broad SMARTS) is 1. The molecule has 3 aliphatic heterocycles. The summed E-state index contributed by atoms with van der Waals surface area (Å²) in [5, 5.41) is 11.0. The predicted molar refractivity (Wildman–Crippen MR) is 102 cm³/mol. The van der Waals surface area contributed by atoms with Crippen LogP contribution in [0.2, 0.25) is 0 Å². The lowest BCUT2D eigenvalue weighted by atomic mass is 9.84. The maximum absolute atomic E-state index is 12.4. The standard InChI is InChI=1S/C16H19N3O2.C4H6O2/c1-10-17-13-3-2-12(8-15(13)21-10)16(20)18-14-9-19-6-4-11(14)5-7-19;1-2-3-4(5)6/h2-3,8,11,14H,4-7,9H2,1H3,(H,18,20);2-3H,1H3,(H,5,6)/b;3-2+/t14-;/m0./s1. The largest absolute Gasteiger partial charge is 0.478 e. The molecule has 3 saturated heterocycles. The van der Waals surface area contributed by atoms with E-state index in [2.05, 4.69) is 15.2 Å². The average molecular weight is 371 g/mol. The van der Waals surface area contributed by atoms with E-state index in [1.54, 1.807) is 13.0 Å². The van der Waals surface area contributed by atoms with Crippen molar-refractivity contribution in [1.29, 1.82) is 0 Å². The van der Waals surface area contributed by atoms with E-state index in [0.29, 0.717) is 23.0 Å². The highest BCUT2D eigenvalue weighted by Gasteiger charge is 2.34. The molecule has 0 aliphatic carbocycles. The fourth-order valence-electron chi connectivity index (χ4n) is 3.70. The number of fused-ring (bicyclic) bond motifs is 4. The van der Waals surface area contributed by atoms with Crippen molar-refractivity contribution >= 4 is 23.0 Å². The van der Waals surface area contributed by atoms with Crippen molar-refractivity contribution in [2.75, 3.05) is 19.6 Å². The fraction of sp³-hybridized carbons (Fsp3) is 0.450. The molecular formula is C20H25N3O4. The first-order valence-electron chi connectivity index (χ1n) is 9.22. The number of carbonyl (C=O) groups excluding carboxylic acids is 1. The lowest BCUT2D eigenvalue weighted by Gasteiger charge is -2.44. The number of allylic oxidation sites excluding steroid dienone is 1. The van der Waals surface area contributed by atoms with E-state index in [9.17, 15) is 9.59 Å². The van der Waals surface area contributed by atoms with E-state index in [1.807, 2.05) is 19.1 Å². The van der Waals surface area contributed by atoms with Crippen molar-refractivity contribution in [2.24, 2.45) is 5.92 Å². The highest BCUT2D eigenvalue weighted by molar-refractivity contribution is 5.97. The second-order valence-corrected chi connectivity index (χ2v) is 6.97. The van der Waals surface area contributed by atoms with E-state index in [-0.39, 0.29) is 11.9 Å². The number of oxazole rings is 1. The van der Waals surface area contributed by atoms with Crippen LogP contribution in [0.25, 0.3) is 11.1 Å². The van der Waals surface area contributed by atoms with Crippen molar-refractivity contribution in [3.8, 4) is 0 Å². The zero-order valence-electron chi connectivity index (χ0n) is 15.6. The Morgan fingerprint density at radius 1 is 1.33 bits per heavy atom. The summed E-state index contributed by atoms with van der Waals surface area (Å²) in [6.07, 6.45) is 4.96. The molecule has 4 heterocycles. The van der Waals surface area contributed by atoms with Crippen LogP contribution < -0.4 is 5.32 Å². The molecule has 2 aromatic rings. The number of carbonyl (C=O) groups is 2. The van der Waals surface area contributed by atoms with E-state index in [4.69, 9.17) is 9.52 Å². The van der Waals surface area contributed by atoms with Crippen LogP contribution >= 0.6 is 0 Å². The molecule has 144 valence electrons. The van der Waals surface area contributed by atoms with Crippen molar-refractivity contribution in [3.63, 3.8) is 0 Å². The minimum Gasteiger partial charge on any atom is -0.478 e. The third-order valence-corrected chi connectivity index (χ3v) is 5.04. The molecule has 0 spiro atoms. The maximum Gasteiger partial charge on any atom is 0.327 e. The number of hydrogen-bond donors (Lipinski definition) is 2. The first-order chi connectivity index (χ1) is 13.0. The number of amides is 1. The minimum atomic E-state index is -0.891. The van der Waals surface area contributed by atoms with Crippen LogP contribution in [0.15, 0.2) is 34.8 Å². The Hall–Kier alpha value is -2.67. The number of aromatic nitrogens is 1. The van der Waals surface area contributed by atoms with Gasteiger partial charge in [-0.05, 0) is 57.0 Å². The van der Waals surface area contributed by atoms with Gasteiger partial charge in [-0.2, -0.15) is 0 Å². The summed E-state index contributed by atoms with van der Waals surface area (Å²) in [6.45, 7) is 6.82. The maximum atomic E-state index is 12.4. The summed E-state index contributed by atoms with van der Waals surface area (Å²) in [5.41, 5.74) is 2.12. The number of hydrogen-bond acceptors (Lipinski definition) is 5. The van der Waals surface area contributed by atoms with E-state index < -0.39 is 5.97 Å². The van der Waals surface area contributed by atoms with E-state index in [0.717, 1.165) is 18.1 Å². The average Bonchev–Trinajstić information content (AvgIpc) is 3.02. The van der Waals surface area contributed by atoms with E-state index in [1.165, 1.54) is 32.0 Å². The third kappa shape index (κ3) is 4.74. The number of carboxylic acids is 1. The lowest BCUT2D eigenvalue weighted by Crippen LogP contribution is -2.57. The topological polar surface area (TPSA) is 95.7 Å². The normalized spacial score (nSPS) is 23.9. The Kier molecular flexibility index (Phi) is 5.91. The van der Waals surface area contributed by atoms with Gasteiger partial charge in [0.2, 0.25) is 0 Å². The van der Waals surface area contributed by atoms with Gasteiger partial charge >= 0.3 is 5.97 Å². The van der Waals surface area contributed by atoms with Crippen LogP contribution in [-0.4, -0.2) is 52.5 Å². The number of aliphatic carboxylic acids is 1. The molecular weight excluding hydrogens is 346 g/mol. The molecule has 1 aromatic heterocycles. The molecule has 3 aliphatic rings. The second-order valence-electron chi connectivity index (χ2n) is 6.97. The molecule has 0 radical (unpaired) electrons. The first-order valence-corrected chi connectivity index (χ1v) is 9.22. The van der Waals surface area contributed by atoms with Crippen LogP contribution in [0.3, 0.4) is 0 Å². The zero-order chi connectivity index (χ0) is 19.4. The molecule has 1 amide bonds. The van der Waals surface area contributed by atoms with Crippen molar-refractivity contribution in [1.82, 2.24) is 15.2 Å². The number of nitrogens with zero attached hydrogens (tertiary/aromatic N) is 2. The summed E-state index contributed by atoms with van der Waals surface area (Å²) in [5.74, 6) is 0.359. The number of rotatable bonds is 3.